The number of nitrogens with zero attached hydrogens (tertiary/aromatic N) is 1. The van der Waals surface area contributed by atoms with E-state index in [0.717, 1.165) is 17.0 Å². The Labute approximate surface area is 172 Å². The normalized spacial score (nSPS) is 11.0. The van der Waals surface area contributed by atoms with Crippen molar-refractivity contribution in [1.82, 2.24) is 4.98 Å². The lowest BCUT2D eigenvalue weighted by atomic mass is 9.86. The van der Waals surface area contributed by atoms with Gasteiger partial charge in [-0.05, 0) is 54.9 Å². The standard InChI is InChI=1S/C23H25N3OS/c1-16-11-13-17(14-12-16)25-22(28)26-19-9-7-15-24-21(19)27-20-10-6-5-8-18(20)23(2,3)4/h5-15H,1-4H3,(H2,25,26,28). The predicted molar refractivity (Wildman–Crippen MR) is 120 cm³/mol. The molecule has 144 valence electrons. The van der Waals surface area contributed by atoms with Crippen LogP contribution in [-0.4, -0.2) is 10.1 Å². The van der Waals surface area contributed by atoms with Gasteiger partial charge in [-0.25, -0.2) is 4.98 Å². The van der Waals surface area contributed by atoms with Crippen LogP contribution in [0.25, 0.3) is 0 Å². The van der Waals surface area contributed by atoms with Crippen molar-refractivity contribution in [2.45, 2.75) is 33.1 Å². The maximum Gasteiger partial charge on any atom is 0.243 e. The second-order valence-corrected chi connectivity index (χ2v) is 8.06. The Balaban J connectivity index is 1.79. The molecule has 1 aromatic heterocycles. The summed E-state index contributed by atoms with van der Waals surface area (Å²) in [5, 5.41) is 6.84. The van der Waals surface area contributed by atoms with Crippen LogP contribution in [-0.2, 0) is 5.41 Å². The van der Waals surface area contributed by atoms with Gasteiger partial charge in [0.25, 0.3) is 0 Å². The van der Waals surface area contributed by atoms with Gasteiger partial charge in [0.05, 0.1) is 0 Å². The second-order valence-electron chi connectivity index (χ2n) is 7.65. The smallest absolute Gasteiger partial charge is 0.243 e. The summed E-state index contributed by atoms with van der Waals surface area (Å²) in [6, 6.07) is 19.8. The molecule has 0 atom stereocenters. The lowest BCUT2D eigenvalue weighted by molar-refractivity contribution is 0.442. The molecule has 3 rings (SSSR count). The van der Waals surface area contributed by atoms with Crippen LogP contribution in [0.2, 0.25) is 0 Å². The lowest BCUT2D eigenvalue weighted by Gasteiger charge is -2.23. The molecule has 0 bridgehead atoms. The first-order chi connectivity index (χ1) is 13.3. The average molecular weight is 392 g/mol. The Morgan fingerprint density at radius 3 is 2.36 bits per heavy atom. The number of hydrogen-bond donors (Lipinski definition) is 2. The number of thiocarbonyl (C=S) groups is 1. The number of aromatic nitrogens is 1. The number of hydrogen-bond acceptors (Lipinski definition) is 3. The zero-order chi connectivity index (χ0) is 20.1. The zero-order valence-electron chi connectivity index (χ0n) is 16.6. The van der Waals surface area contributed by atoms with E-state index in [-0.39, 0.29) is 5.41 Å². The first-order valence-corrected chi connectivity index (χ1v) is 9.61. The summed E-state index contributed by atoms with van der Waals surface area (Å²) in [4.78, 5) is 4.40. The highest BCUT2D eigenvalue weighted by atomic mass is 32.1. The molecular formula is C23H25N3OS. The monoisotopic (exact) mass is 391 g/mol. The molecule has 1 heterocycles. The summed E-state index contributed by atoms with van der Waals surface area (Å²) in [6.07, 6.45) is 1.71. The van der Waals surface area contributed by atoms with Crippen LogP contribution in [0.15, 0.2) is 66.9 Å². The fourth-order valence-electron chi connectivity index (χ4n) is 2.77. The summed E-state index contributed by atoms with van der Waals surface area (Å²) >= 11 is 5.45. The van der Waals surface area contributed by atoms with Crippen LogP contribution in [0, 0.1) is 6.92 Å². The van der Waals surface area contributed by atoms with E-state index in [1.807, 2.05) is 54.6 Å². The molecule has 0 radical (unpaired) electrons. The molecular weight excluding hydrogens is 366 g/mol. The third kappa shape index (κ3) is 5.08. The molecule has 0 aliphatic carbocycles. The molecule has 0 saturated carbocycles. The summed E-state index contributed by atoms with van der Waals surface area (Å²) < 4.78 is 6.17. The zero-order valence-corrected chi connectivity index (χ0v) is 17.4. The van der Waals surface area contributed by atoms with Gasteiger partial charge in [0.15, 0.2) is 5.11 Å². The van der Waals surface area contributed by atoms with E-state index in [9.17, 15) is 0 Å². The molecule has 0 aliphatic rings. The van der Waals surface area contributed by atoms with Crippen molar-refractivity contribution in [3.63, 3.8) is 0 Å². The minimum absolute atomic E-state index is 0.0404. The van der Waals surface area contributed by atoms with Gasteiger partial charge >= 0.3 is 0 Å². The van der Waals surface area contributed by atoms with Gasteiger partial charge in [-0.2, -0.15) is 0 Å². The fourth-order valence-corrected chi connectivity index (χ4v) is 3.00. The van der Waals surface area contributed by atoms with E-state index in [2.05, 4.69) is 49.4 Å². The highest BCUT2D eigenvalue weighted by Gasteiger charge is 2.20. The van der Waals surface area contributed by atoms with E-state index in [1.165, 1.54) is 5.56 Å². The molecule has 0 saturated heterocycles. The summed E-state index contributed by atoms with van der Waals surface area (Å²) in [6.45, 7) is 8.53. The molecule has 3 aromatic rings. The Kier molecular flexibility index (Phi) is 5.95. The van der Waals surface area contributed by atoms with Gasteiger partial charge in [0, 0.05) is 17.4 Å². The molecule has 2 aromatic carbocycles. The minimum atomic E-state index is -0.0404. The van der Waals surface area contributed by atoms with Crippen LogP contribution in [0.3, 0.4) is 0 Å². The lowest BCUT2D eigenvalue weighted by Crippen LogP contribution is -2.19. The number of pyridine rings is 1. The van der Waals surface area contributed by atoms with Crippen LogP contribution in [0.1, 0.15) is 31.9 Å². The van der Waals surface area contributed by atoms with E-state index < -0.39 is 0 Å². The Bertz CT molecular complexity index is 962. The Morgan fingerprint density at radius 1 is 0.929 bits per heavy atom. The first-order valence-electron chi connectivity index (χ1n) is 9.20. The van der Waals surface area contributed by atoms with Gasteiger partial charge in [0.2, 0.25) is 5.88 Å². The SMILES string of the molecule is Cc1ccc(NC(=S)Nc2cccnc2Oc2ccccc2C(C)(C)C)cc1. The number of nitrogens with one attached hydrogen (secondary N) is 2. The molecule has 28 heavy (non-hydrogen) atoms. The molecule has 0 amide bonds. The number of ether oxygens (including phenoxy) is 1. The van der Waals surface area contributed by atoms with Gasteiger partial charge < -0.3 is 15.4 Å². The molecule has 0 aliphatic heterocycles. The van der Waals surface area contributed by atoms with Crippen molar-refractivity contribution in [2.24, 2.45) is 0 Å². The minimum Gasteiger partial charge on any atom is -0.437 e. The summed E-state index contributed by atoms with van der Waals surface area (Å²) in [5.41, 5.74) is 3.90. The number of benzene rings is 2. The van der Waals surface area contributed by atoms with Crippen LogP contribution < -0.4 is 15.4 Å². The van der Waals surface area contributed by atoms with Crippen molar-refractivity contribution in [1.29, 1.82) is 0 Å². The number of aryl methyl sites for hydroxylation is 1. The van der Waals surface area contributed by atoms with Crippen LogP contribution >= 0.6 is 12.2 Å². The maximum atomic E-state index is 6.17. The quantitative estimate of drug-likeness (QED) is 0.512. The Hall–Kier alpha value is -2.92. The number of para-hydroxylation sites is 1. The number of anilines is 2. The third-order valence-corrected chi connectivity index (χ3v) is 4.43. The van der Waals surface area contributed by atoms with Crippen molar-refractivity contribution in [3.05, 3.63) is 78.0 Å². The summed E-state index contributed by atoms with van der Waals surface area (Å²) in [7, 11) is 0. The summed E-state index contributed by atoms with van der Waals surface area (Å²) in [5.74, 6) is 1.27. The molecule has 0 unspecified atom stereocenters. The topological polar surface area (TPSA) is 46.2 Å². The van der Waals surface area contributed by atoms with E-state index >= 15 is 0 Å². The van der Waals surface area contributed by atoms with Crippen molar-refractivity contribution in [3.8, 4) is 11.6 Å². The largest absolute Gasteiger partial charge is 0.437 e. The molecule has 5 heteroatoms. The molecule has 4 nitrogen and oxygen atoms in total. The van der Waals surface area contributed by atoms with Crippen molar-refractivity contribution in [2.75, 3.05) is 10.6 Å². The maximum absolute atomic E-state index is 6.17. The van der Waals surface area contributed by atoms with Gasteiger partial charge in [-0.3, -0.25) is 0 Å². The van der Waals surface area contributed by atoms with Gasteiger partial charge in [-0.1, -0.05) is 56.7 Å². The van der Waals surface area contributed by atoms with E-state index in [0.29, 0.717) is 16.7 Å². The Morgan fingerprint density at radius 2 is 1.64 bits per heavy atom. The average Bonchev–Trinajstić information content (AvgIpc) is 2.65. The fraction of sp³-hybridized carbons (Fsp3) is 0.217. The molecule has 2 N–H and O–H groups in total. The van der Waals surface area contributed by atoms with Crippen LogP contribution in [0.5, 0.6) is 11.6 Å². The molecule has 0 fully saturated rings. The third-order valence-electron chi connectivity index (χ3n) is 4.23. The van der Waals surface area contributed by atoms with E-state index in [1.54, 1.807) is 6.20 Å². The predicted octanol–water partition coefficient (Wildman–Crippen LogP) is 6.29. The van der Waals surface area contributed by atoms with Gasteiger partial charge in [-0.15, -0.1) is 0 Å². The highest BCUT2D eigenvalue weighted by molar-refractivity contribution is 7.80. The second kappa shape index (κ2) is 8.40. The van der Waals surface area contributed by atoms with Crippen molar-refractivity contribution >= 4 is 28.7 Å². The number of rotatable bonds is 4. The first kappa shape index (κ1) is 19.8. The highest BCUT2D eigenvalue weighted by Crippen LogP contribution is 2.35. The van der Waals surface area contributed by atoms with E-state index in [4.69, 9.17) is 17.0 Å². The van der Waals surface area contributed by atoms with Gasteiger partial charge in [0.1, 0.15) is 11.4 Å². The van der Waals surface area contributed by atoms with Crippen LogP contribution in [0.4, 0.5) is 11.4 Å². The molecule has 0 spiro atoms. The van der Waals surface area contributed by atoms with Crippen molar-refractivity contribution < 1.29 is 4.74 Å².